The molecule has 0 aliphatic heterocycles. The first-order valence-electron chi connectivity index (χ1n) is 8.27. The van der Waals surface area contributed by atoms with Crippen LogP contribution in [0.15, 0.2) is 48.5 Å². The van der Waals surface area contributed by atoms with Crippen LogP contribution in [0.5, 0.6) is 11.5 Å². The van der Waals surface area contributed by atoms with Crippen LogP contribution >= 0.6 is 11.8 Å². The minimum Gasteiger partial charge on any atom is -0.497 e. The summed E-state index contributed by atoms with van der Waals surface area (Å²) < 4.78 is 10.8. The van der Waals surface area contributed by atoms with Crippen LogP contribution in [0, 0.1) is 5.41 Å². The van der Waals surface area contributed by atoms with E-state index in [0.29, 0.717) is 30.0 Å². The summed E-state index contributed by atoms with van der Waals surface area (Å²) in [6.45, 7) is 0.141. The molecule has 0 spiro atoms. The lowest BCUT2D eigenvalue weighted by Gasteiger charge is -2.13. The summed E-state index contributed by atoms with van der Waals surface area (Å²) in [5, 5.41) is 10.00. The molecule has 142 valence electrons. The predicted molar refractivity (Wildman–Crippen MR) is 107 cm³/mol. The fraction of sp³-hybridized carbons (Fsp3) is 0.250. The van der Waals surface area contributed by atoms with Gasteiger partial charge < -0.3 is 14.9 Å². The maximum atomic E-state index is 11.8. The van der Waals surface area contributed by atoms with Gasteiger partial charge in [-0.3, -0.25) is 14.9 Å². The molecule has 0 aliphatic rings. The van der Waals surface area contributed by atoms with E-state index in [0.717, 1.165) is 11.1 Å². The average Bonchev–Trinajstić information content (AvgIpc) is 2.71. The van der Waals surface area contributed by atoms with Crippen molar-refractivity contribution in [3.63, 3.8) is 0 Å². The van der Waals surface area contributed by atoms with Gasteiger partial charge in [0.25, 0.3) is 0 Å². The van der Waals surface area contributed by atoms with Crippen molar-refractivity contribution in [3.05, 3.63) is 59.7 Å². The maximum absolute atomic E-state index is 11.8. The number of amides is 2. The highest BCUT2D eigenvalue weighted by atomic mass is 32.2. The van der Waals surface area contributed by atoms with E-state index >= 15 is 0 Å². The first-order valence-corrected chi connectivity index (χ1v) is 9.56. The summed E-state index contributed by atoms with van der Waals surface area (Å²) in [5.74, 6) is 1.04. The number of carbonyl (C=O) groups is 2. The molecule has 0 aliphatic carbocycles. The molecule has 6 nitrogen and oxygen atoms in total. The second-order valence-corrected chi connectivity index (χ2v) is 6.74. The zero-order valence-electron chi connectivity index (χ0n) is 15.2. The molecule has 2 aromatic rings. The third-order valence-corrected chi connectivity index (χ3v) is 4.87. The van der Waals surface area contributed by atoms with Crippen molar-refractivity contribution in [2.75, 3.05) is 20.0 Å². The van der Waals surface area contributed by atoms with Gasteiger partial charge in [0.1, 0.15) is 18.1 Å². The SMILES string of the molecule is COc1cccc(C(=N)COc2ccc(CC(SC)C(=O)NC=O)cc2)c1. The van der Waals surface area contributed by atoms with Crippen molar-refractivity contribution in [2.45, 2.75) is 11.7 Å². The molecule has 2 aromatic carbocycles. The molecule has 27 heavy (non-hydrogen) atoms. The van der Waals surface area contributed by atoms with Gasteiger partial charge in [-0.05, 0) is 42.5 Å². The molecule has 0 saturated carbocycles. The molecular weight excluding hydrogens is 364 g/mol. The largest absolute Gasteiger partial charge is 0.497 e. The highest BCUT2D eigenvalue weighted by Crippen LogP contribution is 2.18. The zero-order valence-corrected chi connectivity index (χ0v) is 16.0. The molecule has 0 saturated heterocycles. The quantitative estimate of drug-likeness (QED) is 0.484. The van der Waals surface area contributed by atoms with E-state index in [9.17, 15) is 9.59 Å². The van der Waals surface area contributed by atoms with Crippen LogP contribution in [0.2, 0.25) is 0 Å². The van der Waals surface area contributed by atoms with Crippen LogP contribution in [-0.2, 0) is 16.0 Å². The van der Waals surface area contributed by atoms with Crippen molar-refractivity contribution in [1.82, 2.24) is 5.32 Å². The number of hydrogen-bond acceptors (Lipinski definition) is 6. The van der Waals surface area contributed by atoms with Crippen molar-refractivity contribution < 1.29 is 19.1 Å². The zero-order chi connectivity index (χ0) is 19.6. The van der Waals surface area contributed by atoms with Crippen molar-refractivity contribution in [1.29, 1.82) is 5.41 Å². The van der Waals surface area contributed by atoms with Crippen molar-refractivity contribution >= 4 is 29.8 Å². The van der Waals surface area contributed by atoms with E-state index in [-0.39, 0.29) is 17.8 Å². The van der Waals surface area contributed by atoms with Gasteiger partial charge in [0.15, 0.2) is 0 Å². The molecule has 7 heteroatoms. The van der Waals surface area contributed by atoms with Crippen LogP contribution in [0.1, 0.15) is 11.1 Å². The number of rotatable bonds is 10. The number of carbonyl (C=O) groups excluding carboxylic acids is 2. The lowest BCUT2D eigenvalue weighted by Crippen LogP contribution is -2.32. The standard InChI is InChI=1S/C20H22N2O4S/c1-25-17-5-3-4-15(11-17)18(21)12-26-16-8-6-14(7-9-16)10-19(27-2)20(24)22-13-23/h3-9,11,13,19,21H,10,12H2,1-2H3,(H,22,23,24). The fourth-order valence-corrected chi connectivity index (χ4v) is 3.06. The Morgan fingerprint density at radius 2 is 1.96 bits per heavy atom. The van der Waals surface area contributed by atoms with Gasteiger partial charge in [0.2, 0.25) is 12.3 Å². The Labute approximate surface area is 162 Å². The van der Waals surface area contributed by atoms with Gasteiger partial charge in [-0.2, -0.15) is 11.8 Å². The normalized spacial score (nSPS) is 11.3. The van der Waals surface area contributed by atoms with E-state index in [2.05, 4.69) is 5.32 Å². The predicted octanol–water partition coefficient (Wildman–Crippen LogP) is 2.69. The molecule has 2 N–H and O–H groups in total. The number of hydrogen-bond donors (Lipinski definition) is 2. The molecule has 0 radical (unpaired) electrons. The number of nitrogens with one attached hydrogen (secondary N) is 2. The lowest BCUT2D eigenvalue weighted by atomic mass is 10.1. The Morgan fingerprint density at radius 1 is 1.22 bits per heavy atom. The highest BCUT2D eigenvalue weighted by molar-refractivity contribution is 7.99. The Kier molecular flexibility index (Phi) is 7.88. The molecule has 0 fully saturated rings. The Hall–Kier alpha value is -2.80. The number of thioether (sulfide) groups is 1. The first kappa shape index (κ1) is 20.5. The van der Waals surface area contributed by atoms with Crippen molar-refractivity contribution in [3.8, 4) is 11.5 Å². The molecular formula is C20H22N2O4S. The van der Waals surface area contributed by atoms with E-state index in [1.807, 2.05) is 48.7 Å². The number of ether oxygens (including phenoxy) is 2. The van der Waals surface area contributed by atoms with E-state index < -0.39 is 0 Å². The minimum atomic E-state index is -0.330. The summed E-state index contributed by atoms with van der Waals surface area (Å²) in [6, 6.07) is 14.7. The van der Waals surface area contributed by atoms with E-state index in [1.54, 1.807) is 13.2 Å². The van der Waals surface area contributed by atoms with Gasteiger partial charge in [-0.15, -0.1) is 0 Å². The van der Waals surface area contributed by atoms with Crippen LogP contribution in [0.4, 0.5) is 0 Å². The molecule has 2 amide bonds. The van der Waals surface area contributed by atoms with Crippen LogP contribution in [0.3, 0.4) is 0 Å². The van der Waals surface area contributed by atoms with Crippen LogP contribution < -0.4 is 14.8 Å². The summed E-state index contributed by atoms with van der Waals surface area (Å²) in [4.78, 5) is 22.2. The molecule has 1 atom stereocenters. The third kappa shape index (κ3) is 6.14. The van der Waals surface area contributed by atoms with E-state index in [4.69, 9.17) is 14.9 Å². The van der Waals surface area contributed by atoms with Gasteiger partial charge >= 0.3 is 0 Å². The highest BCUT2D eigenvalue weighted by Gasteiger charge is 2.17. The number of methoxy groups -OCH3 is 1. The summed E-state index contributed by atoms with van der Waals surface area (Å²) >= 11 is 1.39. The maximum Gasteiger partial charge on any atom is 0.239 e. The molecule has 1 unspecified atom stereocenters. The molecule has 2 rings (SSSR count). The van der Waals surface area contributed by atoms with Crippen molar-refractivity contribution in [2.24, 2.45) is 0 Å². The lowest BCUT2D eigenvalue weighted by molar-refractivity contribution is -0.124. The second kappa shape index (κ2) is 10.4. The smallest absolute Gasteiger partial charge is 0.239 e. The Balaban J connectivity index is 1.92. The van der Waals surface area contributed by atoms with Crippen LogP contribution in [-0.4, -0.2) is 43.3 Å². The minimum absolute atomic E-state index is 0.141. The molecule has 0 heterocycles. The molecule has 0 bridgehead atoms. The van der Waals surface area contributed by atoms with Gasteiger partial charge in [0.05, 0.1) is 18.1 Å². The average molecular weight is 386 g/mol. The van der Waals surface area contributed by atoms with Gasteiger partial charge in [0, 0.05) is 5.56 Å². The Bertz CT molecular complexity index is 793. The summed E-state index contributed by atoms with van der Waals surface area (Å²) in [7, 11) is 1.59. The summed E-state index contributed by atoms with van der Waals surface area (Å²) in [5.41, 5.74) is 2.06. The third-order valence-electron chi connectivity index (χ3n) is 3.92. The molecule has 0 aromatic heterocycles. The summed E-state index contributed by atoms with van der Waals surface area (Å²) in [6.07, 6.45) is 2.75. The first-order chi connectivity index (χ1) is 13.1. The number of benzene rings is 2. The van der Waals surface area contributed by atoms with Gasteiger partial charge in [-0.1, -0.05) is 24.3 Å². The Morgan fingerprint density at radius 3 is 2.59 bits per heavy atom. The van der Waals surface area contributed by atoms with E-state index in [1.165, 1.54) is 11.8 Å². The van der Waals surface area contributed by atoms with Crippen LogP contribution in [0.25, 0.3) is 0 Å². The fourth-order valence-electron chi connectivity index (χ4n) is 2.42. The topological polar surface area (TPSA) is 88.5 Å². The second-order valence-electron chi connectivity index (χ2n) is 5.70. The monoisotopic (exact) mass is 386 g/mol. The number of imide groups is 1. The van der Waals surface area contributed by atoms with Gasteiger partial charge in [-0.25, -0.2) is 0 Å².